The Hall–Kier alpha value is -1.55. The molecular weight excluding hydrogens is 240 g/mol. The maximum Gasteiger partial charge on any atom is 0.239 e. The Bertz CT molecular complexity index is 447. The molecule has 0 saturated carbocycles. The highest BCUT2D eigenvalue weighted by atomic mass is 16.5. The number of nitrogens with two attached hydrogens (primary N) is 1. The number of carbonyl (C=O) groups is 1. The number of ether oxygens (including phenoxy) is 1. The number of rotatable bonds is 4. The van der Waals surface area contributed by atoms with Crippen LogP contribution < -0.4 is 10.5 Å². The van der Waals surface area contributed by atoms with E-state index in [0.29, 0.717) is 19.5 Å². The van der Waals surface area contributed by atoms with E-state index in [1.165, 1.54) is 0 Å². The summed E-state index contributed by atoms with van der Waals surface area (Å²) in [5.74, 6) is 0.975. The zero-order valence-electron chi connectivity index (χ0n) is 11.8. The lowest BCUT2D eigenvalue weighted by Gasteiger charge is -2.40. The SMILES string of the molecule is CC[C@H](N)C(=O)N1CC(Oc2c(C)cccc2C)C1. The minimum atomic E-state index is -0.374. The average Bonchev–Trinajstić information content (AvgIpc) is 2.34. The number of aryl methyl sites for hydroxylation is 2. The summed E-state index contributed by atoms with van der Waals surface area (Å²) >= 11 is 0. The summed E-state index contributed by atoms with van der Waals surface area (Å²) in [5.41, 5.74) is 8.01. The lowest BCUT2D eigenvalue weighted by atomic mass is 10.1. The second kappa shape index (κ2) is 5.61. The van der Waals surface area contributed by atoms with Crippen LogP contribution in [0, 0.1) is 13.8 Å². The van der Waals surface area contributed by atoms with Crippen molar-refractivity contribution in [2.45, 2.75) is 39.3 Å². The fourth-order valence-electron chi connectivity index (χ4n) is 2.25. The normalized spacial score (nSPS) is 16.9. The molecule has 1 saturated heterocycles. The first kappa shape index (κ1) is 13.9. The van der Waals surface area contributed by atoms with Gasteiger partial charge in [0.05, 0.1) is 19.1 Å². The van der Waals surface area contributed by atoms with Crippen LogP contribution in [0.15, 0.2) is 18.2 Å². The fraction of sp³-hybridized carbons (Fsp3) is 0.533. The molecule has 19 heavy (non-hydrogen) atoms. The van der Waals surface area contributed by atoms with Crippen molar-refractivity contribution in [1.29, 1.82) is 0 Å². The van der Waals surface area contributed by atoms with E-state index in [2.05, 4.69) is 0 Å². The number of nitrogens with zero attached hydrogens (tertiary/aromatic N) is 1. The van der Waals surface area contributed by atoms with Crippen molar-refractivity contribution in [1.82, 2.24) is 4.90 Å². The van der Waals surface area contributed by atoms with Crippen LogP contribution in [0.25, 0.3) is 0 Å². The molecule has 1 aromatic rings. The van der Waals surface area contributed by atoms with Crippen molar-refractivity contribution in [2.75, 3.05) is 13.1 Å². The molecule has 1 fully saturated rings. The van der Waals surface area contributed by atoms with E-state index < -0.39 is 0 Å². The fourth-order valence-corrected chi connectivity index (χ4v) is 2.25. The van der Waals surface area contributed by atoms with Crippen LogP contribution in [0.5, 0.6) is 5.75 Å². The first-order valence-corrected chi connectivity index (χ1v) is 6.80. The summed E-state index contributed by atoms with van der Waals surface area (Å²) in [5, 5.41) is 0. The maximum atomic E-state index is 11.8. The van der Waals surface area contributed by atoms with Crippen LogP contribution in [0.3, 0.4) is 0 Å². The maximum absolute atomic E-state index is 11.8. The van der Waals surface area contributed by atoms with Crippen LogP contribution in [0.2, 0.25) is 0 Å². The number of benzene rings is 1. The molecule has 1 aliphatic rings. The first-order valence-electron chi connectivity index (χ1n) is 6.80. The van der Waals surface area contributed by atoms with Crippen LogP contribution in [-0.2, 0) is 4.79 Å². The molecular formula is C15H22N2O2. The van der Waals surface area contributed by atoms with E-state index in [9.17, 15) is 4.79 Å². The highest BCUT2D eigenvalue weighted by Gasteiger charge is 2.34. The molecule has 1 aliphatic heterocycles. The van der Waals surface area contributed by atoms with Crippen LogP contribution in [-0.4, -0.2) is 36.0 Å². The molecule has 0 aliphatic carbocycles. The molecule has 4 heteroatoms. The van der Waals surface area contributed by atoms with Gasteiger partial charge in [0.2, 0.25) is 5.91 Å². The van der Waals surface area contributed by atoms with E-state index in [1.54, 1.807) is 4.90 Å². The van der Waals surface area contributed by atoms with Crippen molar-refractivity contribution in [3.8, 4) is 5.75 Å². The molecule has 0 unspecified atom stereocenters. The van der Waals surface area contributed by atoms with Gasteiger partial charge in [0.1, 0.15) is 11.9 Å². The van der Waals surface area contributed by atoms with E-state index in [0.717, 1.165) is 16.9 Å². The van der Waals surface area contributed by atoms with E-state index in [4.69, 9.17) is 10.5 Å². The molecule has 1 heterocycles. The zero-order chi connectivity index (χ0) is 14.0. The topological polar surface area (TPSA) is 55.6 Å². The molecule has 0 radical (unpaired) electrons. The summed E-state index contributed by atoms with van der Waals surface area (Å²) in [4.78, 5) is 13.6. The van der Waals surface area contributed by atoms with E-state index in [1.807, 2.05) is 39.0 Å². The van der Waals surface area contributed by atoms with Gasteiger partial charge in [0, 0.05) is 0 Å². The Kier molecular flexibility index (Phi) is 4.10. The third-order valence-electron chi connectivity index (χ3n) is 3.61. The smallest absolute Gasteiger partial charge is 0.239 e. The summed E-state index contributed by atoms with van der Waals surface area (Å²) in [7, 11) is 0. The van der Waals surface area contributed by atoms with E-state index >= 15 is 0 Å². The lowest BCUT2D eigenvalue weighted by Crippen LogP contribution is -2.59. The summed E-state index contributed by atoms with van der Waals surface area (Å²) in [6.45, 7) is 7.28. The quantitative estimate of drug-likeness (QED) is 0.897. The molecule has 104 valence electrons. The third-order valence-corrected chi connectivity index (χ3v) is 3.61. The molecule has 2 N–H and O–H groups in total. The molecule has 0 aromatic heterocycles. The number of hydrogen-bond acceptors (Lipinski definition) is 3. The van der Waals surface area contributed by atoms with Gasteiger partial charge < -0.3 is 15.4 Å². The standard InChI is InChI=1S/C15H22N2O2/c1-4-13(16)15(18)17-8-12(9-17)19-14-10(2)6-5-7-11(14)3/h5-7,12-13H,4,8-9,16H2,1-3H3/t13-/m0/s1. The Morgan fingerprint density at radius 3 is 2.53 bits per heavy atom. The van der Waals surface area contributed by atoms with Gasteiger partial charge in [-0.25, -0.2) is 0 Å². The zero-order valence-corrected chi connectivity index (χ0v) is 11.8. The first-order chi connectivity index (χ1) is 9.02. The number of para-hydroxylation sites is 1. The Balaban J connectivity index is 1.90. The van der Waals surface area contributed by atoms with Crippen LogP contribution in [0.1, 0.15) is 24.5 Å². The van der Waals surface area contributed by atoms with Crippen LogP contribution >= 0.6 is 0 Å². The molecule has 2 rings (SSSR count). The van der Waals surface area contributed by atoms with Crippen molar-refractivity contribution in [3.63, 3.8) is 0 Å². The number of carbonyl (C=O) groups excluding carboxylic acids is 1. The molecule has 0 bridgehead atoms. The van der Waals surface area contributed by atoms with Crippen molar-refractivity contribution in [2.24, 2.45) is 5.73 Å². The Morgan fingerprint density at radius 2 is 2.00 bits per heavy atom. The van der Waals surface area contributed by atoms with Crippen molar-refractivity contribution >= 4 is 5.91 Å². The van der Waals surface area contributed by atoms with Crippen LogP contribution in [0.4, 0.5) is 0 Å². The summed E-state index contributed by atoms with van der Waals surface area (Å²) < 4.78 is 5.97. The number of likely N-dealkylation sites (tertiary alicyclic amines) is 1. The second-order valence-corrected chi connectivity index (χ2v) is 5.22. The van der Waals surface area contributed by atoms with Gasteiger partial charge in [-0.15, -0.1) is 0 Å². The highest BCUT2D eigenvalue weighted by molar-refractivity contribution is 5.82. The predicted octanol–water partition coefficient (Wildman–Crippen LogP) is 1.63. The highest BCUT2D eigenvalue weighted by Crippen LogP contribution is 2.26. The summed E-state index contributed by atoms with van der Waals surface area (Å²) in [6, 6.07) is 5.73. The third kappa shape index (κ3) is 2.89. The molecule has 1 aromatic carbocycles. The van der Waals surface area contributed by atoms with Gasteiger partial charge in [-0.1, -0.05) is 25.1 Å². The van der Waals surface area contributed by atoms with Gasteiger partial charge in [-0.2, -0.15) is 0 Å². The minimum absolute atomic E-state index is 0.0313. The summed E-state index contributed by atoms with van der Waals surface area (Å²) in [6.07, 6.45) is 0.769. The number of amides is 1. The van der Waals surface area contributed by atoms with Gasteiger partial charge >= 0.3 is 0 Å². The van der Waals surface area contributed by atoms with Gasteiger partial charge in [0.25, 0.3) is 0 Å². The van der Waals surface area contributed by atoms with Crippen molar-refractivity contribution < 1.29 is 9.53 Å². The molecule has 1 amide bonds. The van der Waals surface area contributed by atoms with Gasteiger partial charge in [0.15, 0.2) is 0 Å². The van der Waals surface area contributed by atoms with E-state index in [-0.39, 0.29) is 18.1 Å². The average molecular weight is 262 g/mol. The second-order valence-electron chi connectivity index (χ2n) is 5.22. The Labute approximate surface area is 114 Å². The Morgan fingerprint density at radius 1 is 1.42 bits per heavy atom. The van der Waals surface area contributed by atoms with Gasteiger partial charge in [-0.3, -0.25) is 4.79 Å². The predicted molar refractivity (Wildman–Crippen MR) is 75.2 cm³/mol. The molecule has 4 nitrogen and oxygen atoms in total. The minimum Gasteiger partial charge on any atom is -0.486 e. The number of hydrogen-bond donors (Lipinski definition) is 1. The molecule has 1 atom stereocenters. The molecule has 0 spiro atoms. The largest absolute Gasteiger partial charge is 0.486 e. The van der Waals surface area contributed by atoms with Gasteiger partial charge in [-0.05, 0) is 31.4 Å². The monoisotopic (exact) mass is 262 g/mol. The van der Waals surface area contributed by atoms with Crippen molar-refractivity contribution in [3.05, 3.63) is 29.3 Å². The lowest BCUT2D eigenvalue weighted by molar-refractivity contribution is -0.141.